The number of carboxylic acid groups (broad SMARTS) is 1. The van der Waals surface area contributed by atoms with Crippen LogP contribution in [0.1, 0.15) is 169 Å². The summed E-state index contributed by atoms with van der Waals surface area (Å²) in [7, 11) is 5.22. The number of carbonyl (C=O) groups excluding carboxylic acids is 7. The maximum atomic E-state index is 14.7. The number of rotatable bonds is 34. The molecule has 3 aromatic carbocycles. The number of methoxy groups -OCH3 is 1. The Morgan fingerprint density at radius 2 is 1.65 bits per heavy atom. The molecule has 0 spiro atoms. The average molecular weight is 1390 g/mol. The zero-order valence-corrected chi connectivity index (χ0v) is 60.4. The van der Waals surface area contributed by atoms with Crippen LogP contribution in [0.3, 0.4) is 0 Å². The summed E-state index contributed by atoms with van der Waals surface area (Å²) in [6, 6.07) is 19.9. The van der Waals surface area contributed by atoms with Gasteiger partial charge in [0, 0.05) is 107 Å². The number of aromatic nitrogens is 2. The summed E-state index contributed by atoms with van der Waals surface area (Å²) in [5.74, 6) is -3.18. The molecule has 2 fully saturated rings. The van der Waals surface area contributed by atoms with Gasteiger partial charge < -0.3 is 55.7 Å². The van der Waals surface area contributed by atoms with Crippen molar-refractivity contribution in [2.24, 2.45) is 27.5 Å². The van der Waals surface area contributed by atoms with E-state index in [2.05, 4.69) is 40.1 Å². The van der Waals surface area contributed by atoms with Crippen LogP contribution < -0.4 is 36.8 Å². The van der Waals surface area contributed by atoms with Crippen molar-refractivity contribution in [1.82, 2.24) is 30.4 Å². The van der Waals surface area contributed by atoms with Crippen LogP contribution >= 0.6 is 11.3 Å². The number of amides is 7. The van der Waals surface area contributed by atoms with Crippen LogP contribution in [-0.4, -0.2) is 163 Å². The second-order valence-corrected chi connectivity index (χ2v) is 28.6. The summed E-state index contributed by atoms with van der Waals surface area (Å²) < 4.78 is 18.7. The molecule has 25 heteroatoms. The number of para-hydroxylation sites is 1. The lowest BCUT2D eigenvalue weighted by atomic mass is 9.51. The van der Waals surface area contributed by atoms with E-state index in [0.29, 0.717) is 110 Å². The Morgan fingerprint density at radius 3 is 2.35 bits per heavy atom. The number of aromatic carboxylic acids is 1. The topological polar surface area (TPSA) is 310 Å². The van der Waals surface area contributed by atoms with Crippen LogP contribution in [0.2, 0.25) is 0 Å². The number of nitrogens with two attached hydrogens (primary N) is 1. The maximum Gasteiger partial charge on any atom is 0.409 e. The third-order valence-corrected chi connectivity index (χ3v) is 20.2. The van der Waals surface area contributed by atoms with E-state index in [-0.39, 0.29) is 72.5 Å². The number of carbonyl (C=O) groups is 8. The molecule has 7 amide bonds. The van der Waals surface area contributed by atoms with Crippen LogP contribution in [0.5, 0.6) is 0 Å². The smallest absolute Gasteiger partial charge is 0.409 e. The van der Waals surface area contributed by atoms with E-state index in [0.717, 1.165) is 83.3 Å². The standard InChI is InChI=1S/C75H100N12O12S/c1-11-19-64(90)87(48-88)33-17-13-14-22-63(89)82-65(49(3)4)69(93)78-51(6)67(91)79-54-25-23-52(24-26-54)43-98-72(96)85(9)36-35-84(8)55-39-53-29-34-86(42-59(53)57(40-55)68(92)83-71-80-60-20-15-16-21-61(60)100-71)62-28-27-56(66(81-62)70(94)95)58(41-76)50(5)77-47-74-31-18-32-75(46-74,99-38-37-97-10)45-73(7,44-74)30-12-2/h11,15-16,19-21,23-28,39-41,48-49,51,65H,12-14,17-18,22,29-38,42-47,76H2,1-10H3,(H,78,93)(H,79,91)(H,82,89)(H,94,95)(H,80,83,92)/b19-11-,58-41?,77-50?/t51-,65-,73?,74?,75?/m0/s1. The number of hydrogen-bond acceptors (Lipinski definition) is 18. The van der Waals surface area contributed by atoms with E-state index < -0.39 is 41.9 Å². The molecule has 5 atom stereocenters. The third-order valence-electron chi connectivity index (χ3n) is 19.3. The van der Waals surface area contributed by atoms with Crippen LogP contribution in [-0.2, 0) is 57.8 Å². The molecular formula is C75H100N12O12S. The molecule has 2 saturated carbocycles. The number of likely N-dealkylation sites (N-methyl/N-ethyl adjacent to an activating group) is 2. The molecule has 100 heavy (non-hydrogen) atoms. The van der Waals surface area contributed by atoms with Crippen molar-refractivity contribution >= 4 is 103 Å². The number of nitrogens with zero attached hydrogens (tertiary/aromatic N) is 7. The van der Waals surface area contributed by atoms with E-state index in [1.807, 2.05) is 60.2 Å². The summed E-state index contributed by atoms with van der Waals surface area (Å²) in [4.78, 5) is 125. The lowest BCUT2D eigenvalue weighted by Gasteiger charge is -2.58. The number of allylic oxidation sites excluding steroid dienone is 2. The Balaban J connectivity index is 0.875. The predicted octanol–water partition coefficient (Wildman–Crippen LogP) is 10.9. The first-order chi connectivity index (χ1) is 47.8. The van der Waals surface area contributed by atoms with Crippen molar-refractivity contribution in [1.29, 1.82) is 0 Å². The van der Waals surface area contributed by atoms with E-state index in [4.69, 9.17) is 29.9 Å². The van der Waals surface area contributed by atoms with Crippen molar-refractivity contribution in [3.8, 4) is 0 Å². The first-order valence-corrected chi connectivity index (χ1v) is 35.5. The van der Waals surface area contributed by atoms with Gasteiger partial charge >= 0.3 is 12.1 Å². The predicted molar refractivity (Wildman–Crippen MR) is 390 cm³/mol. The van der Waals surface area contributed by atoms with Gasteiger partial charge in [-0.3, -0.25) is 44.0 Å². The minimum absolute atomic E-state index is 0.0569. The summed E-state index contributed by atoms with van der Waals surface area (Å²) >= 11 is 1.37. The summed E-state index contributed by atoms with van der Waals surface area (Å²) in [6.07, 6.45) is 14.7. The monoisotopic (exact) mass is 1390 g/mol. The molecule has 3 aliphatic rings. The molecule has 0 radical (unpaired) electrons. The lowest BCUT2D eigenvalue weighted by molar-refractivity contribution is -0.171. The summed E-state index contributed by atoms with van der Waals surface area (Å²) in [5, 5.41) is 22.6. The van der Waals surface area contributed by atoms with E-state index >= 15 is 0 Å². The van der Waals surface area contributed by atoms with Gasteiger partial charge in [-0.1, -0.05) is 82.2 Å². The van der Waals surface area contributed by atoms with Gasteiger partial charge in [-0.2, -0.15) is 0 Å². The zero-order chi connectivity index (χ0) is 72.3. The second-order valence-electron chi connectivity index (χ2n) is 27.6. The largest absolute Gasteiger partial charge is 0.476 e. The van der Waals surface area contributed by atoms with Crippen molar-refractivity contribution in [2.75, 3.05) is 87.6 Å². The number of imide groups is 1. The number of carboxylic acids is 1. The number of ether oxygens (including phenoxy) is 3. The fourth-order valence-electron chi connectivity index (χ4n) is 14.4. The molecule has 7 N–H and O–H groups in total. The van der Waals surface area contributed by atoms with Gasteiger partial charge in [0.05, 0.1) is 29.0 Å². The number of benzene rings is 3. The number of thiazole rings is 1. The van der Waals surface area contributed by atoms with Crippen LogP contribution in [0.4, 0.5) is 27.1 Å². The lowest BCUT2D eigenvalue weighted by Crippen LogP contribution is -2.54. The molecule has 24 nitrogen and oxygen atoms in total. The summed E-state index contributed by atoms with van der Waals surface area (Å²) in [6.45, 7) is 16.5. The van der Waals surface area contributed by atoms with Crippen molar-refractivity contribution in [3.05, 3.63) is 125 Å². The molecule has 3 unspecified atom stereocenters. The highest BCUT2D eigenvalue weighted by molar-refractivity contribution is 7.22. The first kappa shape index (κ1) is 76.7. The average Bonchev–Trinajstić information content (AvgIpc) is 0.884. The number of pyridine rings is 1. The molecule has 1 aliphatic heterocycles. The van der Waals surface area contributed by atoms with Gasteiger partial charge in [-0.05, 0) is 173 Å². The van der Waals surface area contributed by atoms with Gasteiger partial charge in [0.15, 0.2) is 10.8 Å². The van der Waals surface area contributed by atoms with Crippen LogP contribution in [0.25, 0.3) is 15.8 Å². The maximum absolute atomic E-state index is 14.7. The van der Waals surface area contributed by atoms with Crippen molar-refractivity contribution in [2.45, 2.75) is 163 Å². The molecule has 0 saturated heterocycles. The normalized spacial score (nSPS) is 18.9. The highest BCUT2D eigenvalue weighted by Gasteiger charge is 2.55. The van der Waals surface area contributed by atoms with Gasteiger partial charge in [0.25, 0.3) is 11.8 Å². The van der Waals surface area contributed by atoms with Crippen molar-refractivity contribution < 1.29 is 57.7 Å². The van der Waals surface area contributed by atoms with Gasteiger partial charge in [-0.25, -0.2) is 19.6 Å². The highest BCUT2D eigenvalue weighted by Crippen LogP contribution is 2.60. The van der Waals surface area contributed by atoms with Gasteiger partial charge in [-0.15, -0.1) is 0 Å². The Labute approximate surface area is 590 Å². The van der Waals surface area contributed by atoms with E-state index in [9.17, 15) is 43.5 Å². The molecule has 538 valence electrons. The van der Waals surface area contributed by atoms with Gasteiger partial charge in [0.2, 0.25) is 24.1 Å². The number of anilines is 4. The zero-order valence-electron chi connectivity index (χ0n) is 59.6. The van der Waals surface area contributed by atoms with E-state index in [1.165, 1.54) is 35.4 Å². The second kappa shape index (κ2) is 35.3. The molecule has 2 aliphatic carbocycles. The SMILES string of the molecule is C/C=C\C(=O)N(C=O)CCCCCC(=O)N[C@H](C(=O)N[C@@H](C)C(=O)Nc1ccc(COC(=O)N(C)CCN(C)c2cc3c(c(C(=O)Nc4nc5ccccc5s4)c2)CN(c2ccc(C(=CN)C(C)=NCC45CCCC(OCCOC)(CC(C)(CCC)C4)C5)c(C(=O)O)n2)CC3)cc1)C(C)C. The minimum atomic E-state index is -1.21. The molecule has 2 aromatic heterocycles. The molecular weight excluding hydrogens is 1290 g/mol. The fraction of sp³-hybridized carbons (Fsp3) is 0.507. The number of unbranched alkanes of at least 4 members (excludes halogenated alkanes) is 2. The number of hydrogen-bond donors (Lipinski definition) is 6. The molecule has 3 heterocycles. The van der Waals surface area contributed by atoms with Gasteiger partial charge in [0.1, 0.15) is 24.5 Å². The molecule has 2 bridgehead atoms. The van der Waals surface area contributed by atoms with Crippen LogP contribution in [0.15, 0.2) is 96.1 Å². The third kappa shape index (κ3) is 20.1. The first-order valence-electron chi connectivity index (χ1n) is 34.7. The number of fused-ring (bicyclic) bond motifs is 4. The fourth-order valence-corrected chi connectivity index (χ4v) is 15.2. The minimum Gasteiger partial charge on any atom is -0.476 e. The van der Waals surface area contributed by atoms with Crippen molar-refractivity contribution in [3.63, 3.8) is 0 Å². The molecule has 8 rings (SSSR count). The Kier molecular flexibility index (Phi) is 27.1. The van der Waals surface area contributed by atoms with Crippen LogP contribution in [0, 0.1) is 16.7 Å². The summed E-state index contributed by atoms with van der Waals surface area (Å²) in [5.41, 5.74) is 12.2. The quantitative estimate of drug-likeness (QED) is 0.00965. The number of aliphatic imine (C=N–C) groups is 1. The number of nitrogens with one attached hydrogen (secondary N) is 4. The van der Waals surface area contributed by atoms with E-state index in [1.54, 1.807) is 77.4 Å². The Bertz CT molecular complexity index is 3800. The Hall–Kier alpha value is -9.07. The Morgan fingerprint density at radius 1 is 0.880 bits per heavy atom. The molecule has 5 aromatic rings. The highest BCUT2D eigenvalue weighted by atomic mass is 32.1.